The van der Waals surface area contributed by atoms with E-state index < -0.39 is 0 Å². The number of hydrogen-bond donors (Lipinski definition) is 0. The largest absolute Gasteiger partial charge is 0.300 e. The van der Waals surface area contributed by atoms with Crippen LogP contribution in [0.4, 0.5) is 0 Å². The van der Waals surface area contributed by atoms with E-state index in [-0.39, 0.29) is 5.78 Å². The molecule has 0 aromatic rings. The molecule has 0 saturated carbocycles. The zero-order valence-corrected chi connectivity index (χ0v) is 6.79. The minimum Gasteiger partial charge on any atom is -0.300 e. The van der Waals surface area contributed by atoms with E-state index >= 15 is 0 Å². The monoisotopic (exact) mass is 151 g/mol. The van der Waals surface area contributed by atoms with Crippen molar-refractivity contribution in [2.75, 3.05) is 0 Å². The highest BCUT2D eigenvalue weighted by Gasteiger charge is 2.06. The van der Waals surface area contributed by atoms with Gasteiger partial charge in [-0.3, -0.25) is 4.99 Å². The standard InChI is InChI=1S/C9H13NO/c1-8(11)2-3-9-4-6-10-7-5-9/h4,6-7,9H,2-3,5H2,1H3. The Kier molecular flexibility index (Phi) is 3.02. The van der Waals surface area contributed by atoms with Gasteiger partial charge in [0.1, 0.15) is 5.78 Å². The number of hydrogen-bond acceptors (Lipinski definition) is 2. The smallest absolute Gasteiger partial charge is 0.129 e. The topological polar surface area (TPSA) is 29.4 Å². The highest BCUT2D eigenvalue weighted by Crippen LogP contribution is 2.14. The molecule has 0 radical (unpaired) electrons. The van der Waals surface area contributed by atoms with Gasteiger partial charge < -0.3 is 4.79 Å². The normalized spacial score (nSPS) is 22.1. The fourth-order valence-electron chi connectivity index (χ4n) is 1.11. The Hall–Kier alpha value is -0.920. The van der Waals surface area contributed by atoms with Crippen molar-refractivity contribution in [1.82, 2.24) is 0 Å². The summed E-state index contributed by atoms with van der Waals surface area (Å²) >= 11 is 0. The highest BCUT2D eigenvalue weighted by atomic mass is 16.1. The van der Waals surface area contributed by atoms with Crippen LogP contribution in [0.1, 0.15) is 26.2 Å². The third-order valence-corrected chi connectivity index (χ3v) is 1.83. The van der Waals surface area contributed by atoms with Crippen LogP contribution in [0, 0.1) is 5.92 Å². The number of carbonyl (C=O) groups is 1. The Morgan fingerprint density at radius 3 is 3.09 bits per heavy atom. The number of allylic oxidation sites excluding steroid dienone is 1. The van der Waals surface area contributed by atoms with Crippen LogP contribution in [0.2, 0.25) is 0 Å². The average molecular weight is 151 g/mol. The molecule has 0 aliphatic carbocycles. The number of rotatable bonds is 3. The summed E-state index contributed by atoms with van der Waals surface area (Å²) in [6, 6.07) is 0. The first-order chi connectivity index (χ1) is 5.29. The molecule has 60 valence electrons. The average Bonchev–Trinajstić information content (AvgIpc) is 2.03. The summed E-state index contributed by atoms with van der Waals surface area (Å²) < 4.78 is 0. The van der Waals surface area contributed by atoms with Gasteiger partial charge in [-0.1, -0.05) is 6.08 Å². The molecule has 0 N–H and O–H groups in total. The Labute approximate surface area is 67.0 Å². The van der Waals surface area contributed by atoms with Gasteiger partial charge >= 0.3 is 0 Å². The molecule has 1 aliphatic rings. The second kappa shape index (κ2) is 4.06. The Morgan fingerprint density at radius 1 is 1.73 bits per heavy atom. The maximum absolute atomic E-state index is 10.6. The van der Waals surface area contributed by atoms with Crippen molar-refractivity contribution in [3.8, 4) is 0 Å². The lowest BCUT2D eigenvalue weighted by Crippen LogP contribution is -2.02. The second-order valence-electron chi connectivity index (χ2n) is 2.91. The van der Waals surface area contributed by atoms with Crippen molar-refractivity contribution in [2.24, 2.45) is 10.9 Å². The van der Waals surface area contributed by atoms with E-state index in [1.807, 2.05) is 12.4 Å². The molecule has 1 aliphatic heterocycles. The number of aliphatic imine (C=N–C) groups is 1. The molecular weight excluding hydrogens is 138 g/mol. The predicted molar refractivity (Wildman–Crippen MR) is 45.7 cm³/mol. The van der Waals surface area contributed by atoms with Gasteiger partial charge in [0, 0.05) is 18.8 Å². The molecule has 0 aromatic heterocycles. The molecule has 0 amide bonds. The molecule has 0 bridgehead atoms. The van der Waals surface area contributed by atoms with Crippen molar-refractivity contribution >= 4 is 12.0 Å². The zero-order valence-electron chi connectivity index (χ0n) is 6.79. The van der Waals surface area contributed by atoms with E-state index in [0.29, 0.717) is 12.3 Å². The summed E-state index contributed by atoms with van der Waals surface area (Å²) in [7, 11) is 0. The van der Waals surface area contributed by atoms with Crippen LogP contribution < -0.4 is 0 Å². The molecule has 1 atom stereocenters. The lowest BCUT2D eigenvalue weighted by Gasteiger charge is -2.09. The van der Waals surface area contributed by atoms with E-state index in [1.165, 1.54) is 0 Å². The first kappa shape index (κ1) is 8.18. The van der Waals surface area contributed by atoms with Crippen LogP contribution in [0.5, 0.6) is 0 Å². The summed E-state index contributed by atoms with van der Waals surface area (Å²) in [6.45, 7) is 1.64. The van der Waals surface area contributed by atoms with E-state index in [9.17, 15) is 4.79 Å². The summed E-state index contributed by atoms with van der Waals surface area (Å²) in [5.41, 5.74) is 0. The van der Waals surface area contributed by atoms with Crippen LogP contribution in [0.15, 0.2) is 17.3 Å². The Bertz CT molecular complexity index is 194. The summed E-state index contributed by atoms with van der Waals surface area (Å²) in [6.07, 6.45) is 8.45. The minimum absolute atomic E-state index is 0.279. The minimum atomic E-state index is 0.279. The zero-order chi connectivity index (χ0) is 8.10. The molecule has 2 heteroatoms. The van der Waals surface area contributed by atoms with Gasteiger partial charge in [0.05, 0.1) is 0 Å². The van der Waals surface area contributed by atoms with Crippen LogP contribution in [-0.2, 0) is 4.79 Å². The SMILES string of the molecule is CC(=O)CCC1C=CN=CC1. The molecule has 2 nitrogen and oxygen atoms in total. The molecule has 0 aromatic carbocycles. The molecule has 1 rings (SSSR count). The fourth-order valence-corrected chi connectivity index (χ4v) is 1.11. The van der Waals surface area contributed by atoms with E-state index in [1.54, 1.807) is 6.92 Å². The van der Waals surface area contributed by atoms with Gasteiger partial charge in [0.25, 0.3) is 0 Å². The van der Waals surface area contributed by atoms with Gasteiger partial charge in [-0.25, -0.2) is 0 Å². The summed E-state index contributed by atoms with van der Waals surface area (Å²) in [5, 5.41) is 0. The molecule has 0 fully saturated rings. The van der Waals surface area contributed by atoms with Gasteiger partial charge in [-0.05, 0) is 25.7 Å². The first-order valence-corrected chi connectivity index (χ1v) is 3.97. The van der Waals surface area contributed by atoms with Crippen molar-refractivity contribution in [2.45, 2.75) is 26.2 Å². The summed E-state index contributed by atoms with van der Waals surface area (Å²) in [4.78, 5) is 14.6. The molecule has 0 saturated heterocycles. The van der Waals surface area contributed by atoms with E-state index in [0.717, 1.165) is 12.8 Å². The van der Waals surface area contributed by atoms with Crippen LogP contribution in [0.25, 0.3) is 0 Å². The maximum atomic E-state index is 10.6. The van der Waals surface area contributed by atoms with E-state index in [4.69, 9.17) is 0 Å². The van der Waals surface area contributed by atoms with Crippen LogP contribution >= 0.6 is 0 Å². The van der Waals surface area contributed by atoms with Crippen molar-refractivity contribution in [3.63, 3.8) is 0 Å². The lowest BCUT2D eigenvalue weighted by molar-refractivity contribution is -0.117. The predicted octanol–water partition coefficient (Wildman–Crippen LogP) is 1.96. The number of carbonyl (C=O) groups excluding carboxylic acids is 1. The Morgan fingerprint density at radius 2 is 2.55 bits per heavy atom. The van der Waals surface area contributed by atoms with Gasteiger partial charge in [0.2, 0.25) is 0 Å². The van der Waals surface area contributed by atoms with Gasteiger partial charge in [0.15, 0.2) is 0 Å². The number of ketones is 1. The van der Waals surface area contributed by atoms with Crippen LogP contribution in [-0.4, -0.2) is 12.0 Å². The molecule has 1 unspecified atom stereocenters. The molecule has 0 spiro atoms. The third-order valence-electron chi connectivity index (χ3n) is 1.83. The molecule has 1 heterocycles. The number of Topliss-reactive ketones (excluding diaryl/α,β-unsaturated/α-hetero) is 1. The second-order valence-corrected chi connectivity index (χ2v) is 2.91. The van der Waals surface area contributed by atoms with Crippen molar-refractivity contribution in [3.05, 3.63) is 12.3 Å². The third kappa shape index (κ3) is 3.12. The van der Waals surface area contributed by atoms with Crippen molar-refractivity contribution in [1.29, 1.82) is 0 Å². The number of nitrogens with zero attached hydrogens (tertiary/aromatic N) is 1. The van der Waals surface area contributed by atoms with Gasteiger partial charge in [-0.2, -0.15) is 0 Å². The first-order valence-electron chi connectivity index (χ1n) is 3.97. The molecular formula is C9H13NO. The fraction of sp³-hybridized carbons (Fsp3) is 0.556. The highest BCUT2D eigenvalue weighted by molar-refractivity contribution is 5.75. The van der Waals surface area contributed by atoms with E-state index in [2.05, 4.69) is 11.1 Å². The molecule has 11 heavy (non-hydrogen) atoms. The lowest BCUT2D eigenvalue weighted by atomic mass is 9.98. The Balaban J connectivity index is 2.22. The van der Waals surface area contributed by atoms with Crippen molar-refractivity contribution < 1.29 is 4.79 Å². The van der Waals surface area contributed by atoms with Crippen LogP contribution in [0.3, 0.4) is 0 Å². The summed E-state index contributed by atoms with van der Waals surface area (Å²) in [5.74, 6) is 0.817. The maximum Gasteiger partial charge on any atom is 0.129 e. The quantitative estimate of drug-likeness (QED) is 0.606. The van der Waals surface area contributed by atoms with Gasteiger partial charge in [-0.15, -0.1) is 0 Å².